The number of aliphatic hydroxyl groups is 2. The maximum Gasteiger partial charge on any atom is 0.338 e. The molecule has 9 nitrogen and oxygen atoms in total. The smallest absolute Gasteiger partial charge is 0.338 e. The number of hydrogen-bond donors (Lipinski definition) is 2. The van der Waals surface area contributed by atoms with Crippen LogP contribution < -0.4 is 0 Å². The van der Waals surface area contributed by atoms with Gasteiger partial charge in [-0.3, -0.25) is 0 Å². The third-order valence-electron chi connectivity index (χ3n) is 5.53. The number of hydrogen-bond acceptors (Lipinski definition) is 9. The zero-order chi connectivity index (χ0) is 25.5. The Morgan fingerprint density at radius 3 is 1.53 bits per heavy atom. The van der Waals surface area contributed by atoms with E-state index < -0.39 is 55.2 Å². The molecule has 1 heterocycles. The van der Waals surface area contributed by atoms with Gasteiger partial charge in [-0.2, -0.15) is 0 Å². The summed E-state index contributed by atoms with van der Waals surface area (Å²) in [7, 11) is 0. The van der Waals surface area contributed by atoms with Crippen molar-refractivity contribution in [3.05, 3.63) is 108 Å². The highest BCUT2D eigenvalue weighted by atomic mass is 16.7. The fourth-order valence-corrected chi connectivity index (χ4v) is 3.65. The van der Waals surface area contributed by atoms with E-state index in [2.05, 4.69) is 0 Å². The molecule has 5 atom stereocenters. The summed E-state index contributed by atoms with van der Waals surface area (Å²) in [5, 5.41) is 21.6. The molecule has 4 rings (SSSR count). The number of carbonyl (C=O) groups is 3. The highest BCUT2D eigenvalue weighted by Gasteiger charge is 2.50. The van der Waals surface area contributed by atoms with Crippen LogP contribution in [0.5, 0.6) is 0 Å². The van der Waals surface area contributed by atoms with Crippen LogP contribution in [0.1, 0.15) is 31.1 Å². The summed E-state index contributed by atoms with van der Waals surface area (Å²) in [5.41, 5.74) is 0.655. The van der Waals surface area contributed by atoms with Crippen molar-refractivity contribution >= 4 is 17.9 Å². The Balaban J connectivity index is 1.52. The molecule has 0 aromatic heterocycles. The molecule has 1 fully saturated rings. The van der Waals surface area contributed by atoms with Gasteiger partial charge in [0.15, 0.2) is 18.5 Å². The molecule has 36 heavy (non-hydrogen) atoms. The van der Waals surface area contributed by atoms with E-state index in [1.54, 1.807) is 66.7 Å². The van der Waals surface area contributed by atoms with Gasteiger partial charge in [-0.15, -0.1) is 0 Å². The maximum absolute atomic E-state index is 12.7. The number of ether oxygens (including phenoxy) is 4. The van der Waals surface area contributed by atoms with Crippen molar-refractivity contribution in [3.8, 4) is 0 Å². The topological polar surface area (TPSA) is 129 Å². The minimum absolute atomic E-state index is 0.186. The van der Waals surface area contributed by atoms with E-state index in [0.717, 1.165) is 0 Å². The first-order valence-electron chi connectivity index (χ1n) is 11.2. The number of esters is 3. The van der Waals surface area contributed by atoms with Crippen molar-refractivity contribution in [1.82, 2.24) is 0 Å². The normalized spacial score (nSPS) is 23.3. The van der Waals surface area contributed by atoms with Gasteiger partial charge in [-0.1, -0.05) is 54.6 Å². The van der Waals surface area contributed by atoms with Gasteiger partial charge >= 0.3 is 17.9 Å². The molecule has 0 unspecified atom stereocenters. The van der Waals surface area contributed by atoms with Gasteiger partial charge < -0.3 is 29.2 Å². The standard InChI is InChI=1S/C27H24O9/c28-21-20(16-33-24(29)17-10-4-1-5-11-17)34-27(32)23(36-26(31)19-14-8-3-9-15-19)22(21)35-25(30)18-12-6-2-7-13-18/h1-15,20-23,27-28,32H,16H2/t20-,21+,22+,23-,27-/m1/s1. The minimum atomic E-state index is -1.78. The average molecular weight is 492 g/mol. The van der Waals surface area contributed by atoms with Crippen molar-refractivity contribution < 1.29 is 43.5 Å². The second-order valence-electron chi connectivity index (χ2n) is 7.99. The van der Waals surface area contributed by atoms with Gasteiger partial charge in [0.2, 0.25) is 0 Å². The molecular formula is C27H24O9. The molecular weight excluding hydrogens is 468 g/mol. The van der Waals surface area contributed by atoms with Gasteiger partial charge in [-0.05, 0) is 36.4 Å². The van der Waals surface area contributed by atoms with E-state index in [1.807, 2.05) is 0 Å². The van der Waals surface area contributed by atoms with E-state index in [9.17, 15) is 24.6 Å². The van der Waals surface area contributed by atoms with Crippen LogP contribution in [0.25, 0.3) is 0 Å². The third-order valence-corrected chi connectivity index (χ3v) is 5.53. The Morgan fingerprint density at radius 2 is 1.06 bits per heavy atom. The largest absolute Gasteiger partial charge is 0.459 e. The quantitative estimate of drug-likeness (QED) is 0.377. The van der Waals surface area contributed by atoms with Crippen molar-refractivity contribution in [2.75, 3.05) is 6.61 Å². The molecule has 0 radical (unpaired) electrons. The molecule has 2 N–H and O–H groups in total. The zero-order valence-electron chi connectivity index (χ0n) is 19.0. The lowest BCUT2D eigenvalue weighted by molar-refractivity contribution is -0.284. The predicted molar refractivity (Wildman–Crippen MR) is 125 cm³/mol. The Morgan fingerprint density at radius 1 is 0.639 bits per heavy atom. The monoisotopic (exact) mass is 492 g/mol. The molecule has 0 bridgehead atoms. The van der Waals surface area contributed by atoms with Crippen molar-refractivity contribution in [1.29, 1.82) is 0 Å². The van der Waals surface area contributed by atoms with Crippen molar-refractivity contribution in [3.63, 3.8) is 0 Å². The molecule has 1 aliphatic rings. The summed E-state index contributed by atoms with van der Waals surface area (Å²) in [6.45, 7) is -0.454. The van der Waals surface area contributed by atoms with Crippen LogP contribution >= 0.6 is 0 Å². The van der Waals surface area contributed by atoms with Crippen LogP contribution in [0.4, 0.5) is 0 Å². The molecule has 0 saturated carbocycles. The summed E-state index contributed by atoms with van der Waals surface area (Å²) in [4.78, 5) is 37.7. The molecule has 3 aromatic carbocycles. The first-order valence-corrected chi connectivity index (χ1v) is 11.2. The summed E-state index contributed by atoms with van der Waals surface area (Å²) < 4.78 is 21.5. The SMILES string of the molecule is O=C(OC[C@H]1O[C@@H](O)[C@H](OC(=O)c2ccccc2)[C@@H](OC(=O)c2ccccc2)[C@H]1O)c1ccccc1. The second-order valence-corrected chi connectivity index (χ2v) is 7.99. The Labute approximate surface area is 206 Å². The molecule has 9 heteroatoms. The summed E-state index contributed by atoms with van der Waals surface area (Å²) >= 11 is 0. The number of carbonyl (C=O) groups excluding carboxylic acids is 3. The Bertz CT molecular complexity index is 1170. The lowest BCUT2D eigenvalue weighted by Crippen LogP contribution is -2.61. The summed E-state index contributed by atoms with van der Waals surface area (Å²) in [5.74, 6) is -2.30. The van der Waals surface area contributed by atoms with Crippen molar-refractivity contribution in [2.24, 2.45) is 0 Å². The molecule has 186 valence electrons. The molecule has 0 spiro atoms. The number of aliphatic hydroxyl groups excluding tert-OH is 2. The molecule has 0 amide bonds. The fraction of sp³-hybridized carbons (Fsp3) is 0.222. The predicted octanol–water partition coefficient (Wildman–Crippen LogP) is 2.37. The van der Waals surface area contributed by atoms with Crippen LogP contribution in [0, 0.1) is 0 Å². The highest BCUT2D eigenvalue weighted by Crippen LogP contribution is 2.27. The van der Waals surface area contributed by atoms with E-state index in [1.165, 1.54) is 24.3 Å². The highest BCUT2D eigenvalue weighted by molar-refractivity contribution is 5.90. The van der Waals surface area contributed by atoms with Crippen LogP contribution in [-0.2, 0) is 18.9 Å². The first-order chi connectivity index (χ1) is 17.4. The molecule has 3 aromatic rings. The third kappa shape index (κ3) is 5.95. The van der Waals surface area contributed by atoms with E-state index in [-0.39, 0.29) is 16.7 Å². The van der Waals surface area contributed by atoms with Gasteiger partial charge in [-0.25, -0.2) is 14.4 Å². The lowest BCUT2D eigenvalue weighted by Gasteiger charge is -2.41. The summed E-state index contributed by atoms with van der Waals surface area (Å²) in [6.07, 6.45) is -7.72. The van der Waals surface area contributed by atoms with Crippen LogP contribution in [-0.4, -0.2) is 65.4 Å². The van der Waals surface area contributed by atoms with Crippen molar-refractivity contribution in [2.45, 2.75) is 30.7 Å². The van der Waals surface area contributed by atoms with Gasteiger partial charge in [0.1, 0.15) is 18.8 Å². The maximum atomic E-state index is 12.7. The van der Waals surface area contributed by atoms with E-state index in [0.29, 0.717) is 0 Å². The van der Waals surface area contributed by atoms with Crippen LogP contribution in [0.15, 0.2) is 91.0 Å². The van der Waals surface area contributed by atoms with Gasteiger partial charge in [0.05, 0.1) is 16.7 Å². The summed E-state index contributed by atoms with van der Waals surface area (Å²) in [6, 6.07) is 24.1. The van der Waals surface area contributed by atoms with Crippen LogP contribution in [0.3, 0.4) is 0 Å². The second kappa shape index (κ2) is 11.6. The minimum Gasteiger partial charge on any atom is -0.459 e. The average Bonchev–Trinajstić information content (AvgIpc) is 2.92. The Kier molecular flexibility index (Phi) is 8.06. The Hall–Kier alpha value is -4.05. The van der Waals surface area contributed by atoms with Crippen LogP contribution in [0.2, 0.25) is 0 Å². The zero-order valence-corrected chi connectivity index (χ0v) is 19.0. The lowest BCUT2D eigenvalue weighted by atomic mass is 9.98. The van der Waals surface area contributed by atoms with Gasteiger partial charge in [0.25, 0.3) is 0 Å². The number of rotatable bonds is 7. The molecule has 1 aliphatic heterocycles. The number of benzene rings is 3. The fourth-order valence-electron chi connectivity index (χ4n) is 3.65. The van der Waals surface area contributed by atoms with E-state index >= 15 is 0 Å². The van der Waals surface area contributed by atoms with Gasteiger partial charge in [0, 0.05) is 0 Å². The first kappa shape index (κ1) is 25.1. The van der Waals surface area contributed by atoms with E-state index in [4.69, 9.17) is 18.9 Å². The molecule has 1 saturated heterocycles. The molecule has 0 aliphatic carbocycles.